The second kappa shape index (κ2) is 11.6. The second-order valence-electron chi connectivity index (χ2n) is 9.17. The van der Waals surface area contributed by atoms with Crippen LogP contribution < -0.4 is 14.4 Å². The van der Waals surface area contributed by atoms with Gasteiger partial charge in [-0.15, -0.1) is 0 Å². The summed E-state index contributed by atoms with van der Waals surface area (Å²) in [5.74, 6) is 0.602. The molecule has 0 fully saturated rings. The first-order chi connectivity index (χ1) is 18.0. The van der Waals surface area contributed by atoms with Gasteiger partial charge in [0.15, 0.2) is 0 Å². The molecule has 196 valence electrons. The van der Waals surface area contributed by atoms with Gasteiger partial charge in [-0.05, 0) is 43.9 Å². The highest BCUT2D eigenvalue weighted by Gasteiger charge is 2.44. The van der Waals surface area contributed by atoms with Crippen molar-refractivity contribution in [3.05, 3.63) is 64.7 Å². The van der Waals surface area contributed by atoms with Gasteiger partial charge in [-0.25, -0.2) is 0 Å². The van der Waals surface area contributed by atoms with Gasteiger partial charge in [0.25, 0.3) is 5.91 Å². The van der Waals surface area contributed by atoms with Crippen molar-refractivity contribution in [1.82, 2.24) is 0 Å². The van der Waals surface area contributed by atoms with Crippen LogP contribution in [0.15, 0.2) is 42.5 Å². The molecule has 3 aromatic carbocycles. The summed E-state index contributed by atoms with van der Waals surface area (Å²) in [6, 6.07) is 12.7. The average molecular weight is 506 g/mol. The molecule has 3 aromatic rings. The van der Waals surface area contributed by atoms with Crippen molar-refractivity contribution in [2.24, 2.45) is 0 Å². The van der Waals surface area contributed by atoms with Crippen LogP contribution >= 0.6 is 0 Å². The van der Waals surface area contributed by atoms with E-state index in [0.717, 1.165) is 34.7 Å². The Morgan fingerprint density at radius 2 is 1.62 bits per heavy atom. The van der Waals surface area contributed by atoms with E-state index in [1.165, 1.54) is 0 Å². The quantitative estimate of drug-likeness (QED) is 0.345. The molecule has 0 aliphatic carbocycles. The molecule has 0 saturated heterocycles. The third-order valence-corrected chi connectivity index (χ3v) is 6.48. The highest BCUT2D eigenvalue weighted by atomic mass is 16.5. The highest BCUT2D eigenvalue weighted by Crippen LogP contribution is 2.51. The molecule has 0 saturated carbocycles. The molecule has 4 rings (SSSR count). The fourth-order valence-corrected chi connectivity index (χ4v) is 4.96. The number of carbonyl (C=O) groups is 2. The summed E-state index contributed by atoms with van der Waals surface area (Å²) < 4.78 is 17.5. The Morgan fingerprint density at radius 3 is 2.22 bits per heavy atom. The molecular formula is C30H35NO6. The molecule has 0 radical (unpaired) electrons. The van der Waals surface area contributed by atoms with Gasteiger partial charge in [0.1, 0.15) is 11.5 Å². The normalized spacial score (nSPS) is 14.7. The number of aryl methyl sites for hydroxylation is 1. The van der Waals surface area contributed by atoms with Crippen LogP contribution in [0.3, 0.4) is 0 Å². The number of hydrogen-bond acceptors (Lipinski definition) is 6. The Balaban J connectivity index is 1.88. The molecule has 37 heavy (non-hydrogen) atoms. The van der Waals surface area contributed by atoms with Crippen molar-refractivity contribution >= 4 is 28.3 Å². The molecule has 0 bridgehead atoms. The van der Waals surface area contributed by atoms with E-state index in [4.69, 9.17) is 14.2 Å². The maximum absolute atomic E-state index is 14.1. The molecule has 7 heteroatoms. The zero-order valence-electron chi connectivity index (χ0n) is 22.0. The smallest absolute Gasteiger partial charge is 0.310 e. The van der Waals surface area contributed by atoms with E-state index in [0.29, 0.717) is 48.1 Å². The van der Waals surface area contributed by atoms with Gasteiger partial charge in [0.2, 0.25) is 0 Å². The zero-order valence-corrected chi connectivity index (χ0v) is 22.0. The van der Waals surface area contributed by atoms with Crippen LogP contribution in [-0.4, -0.2) is 43.4 Å². The number of nitrogens with zero attached hydrogens (tertiary/aromatic N) is 1. The molecule has 1 aliphatic rings. The fourth-order valence-electron chi connectivity index (χ4n) is 4.96. The first kappa shape index (κ1) is 26.5. The van der Waals surface area contributed by atoms with Crippen LogP contribution in [0.2, 0.25) is 0 Å². The van der Waals surface area contributed by atoms with Crippen molar-refractivity contribution < 1.29 is 28.9 Å². The maximum atomic E-state index is 14.1. The van der Waals surface area contributed by atoms with Crippen LogP contribution in [0.4, 0.5) is 5.69 Å². The number of carbonyl (C=O) groups excluding carboxylic acids is 2. The average Bonchev–Trinajstić information content (AvgIpc) is 3.18. The van der Waals surface area contributed by atoms with Gasteiger partial charge in [-0.3, -0.25) is 14.5 Å². The Hall–Kier alpha value is -3.58. The minimum Gasteiger partial charge on any atom is -0.493 e. The molecule has 1 unspecified atom stereocenters. The van der Waals surface area contributed by atoms with E-state index in [1.54, 1.807) is 11.8 Å². The SMILES string of the molecule is CCCOc1c2c(c(OCCC)c3ccccc13)C(CO)N(c1ccc(CC(=O)OCC)cc1C)C2=O. The molecule has 1 heterocycles. The lowest BCUT2D eigenvalue weighted by molar-refractivity contribution is -0.142. The number of esters is 1. The van der Waals surface area contributed by atoms with Gasteiger partial charge in [-0.2, -0.15) is 0 Å². The monoisotopic (exact) mass is 505 g/mol. The predicted molar refractivity (Wildman–Crippen MR) is 144 cm³/mol. The molecule has 0 aromatic heterocycles. The van der Waals surface area contributed by atoms with Crippen molar-refractivity contribution in [3.8, 4) is 11.5 Å². The third kappa shape index (κ3) is 5.01. The summed E-state index contributed by atoms with van der Waals surface area (Å²) in [6.45, 7) is 8.72. The number of aliphatic hydroxyl groups excluding tert-OH is 1. The summed E-state index contributed by atoms with van der Waals surface area (Å²) in [5, 5.41) is 12.3. The topological polar surface area (TPSA) is 85.3 Å². The first-order valence-electron chi connectivity index (χ1n) is 13.0. The van der Waals surface area contributed by atoms with Gasteiger partial charge in [0.05, 0.1) is 44.5 Å². The lowest BCUT2D eigenvalue weighted by Gasteiger charge is -2.26. The lowest BCUT2D eigenvalue weighted by atomic mass is 9.96. The number of amides is 1. The highest BCUT2D eigenvalue weighted by molar-refractivity contribution is 6.18. The molecule has 0 spiro atoms. The van der Waals surface area contributed by atoms with Crippen LogP contribution in [-0.2, 0) is 16.0 Å². The summed E-state index contributed by atoms with van der Waals surface area (Å²) >= 11 is 0. The minimum absolute atomic E-state index is 0.155. The lowest BCUT2D eigenvalue weighted by Crippen LogP contribution is -2.30. The molecule has 1 amide bonds. The van der Waals surface area contributed by atoms with Gasteiger partial charge in [0, 0.05) is 22.0 Å². The standard InChI is InChI=1S/C30H35NO6/c1-5-14-36-28-21-10-8-9-11-22(21)29(37-15-6-2)27-26(28)24(18-32)31(30(27)34)23-13-12-20(16-19(23)4)17-25(33)35-7-3/h8-13,16,24,32H,5-7,14-15,17-18H2,1-4H3. The molecular weight excluding hydrogens is 470 g/mol. The minimum atomic E-state index is -0.641. The van der Waals surface area contributed by atoms with Gasteiger partial charge < -0.3 is 19.3 Å². The number of benzene rings is 3. The van der Waals surface area contributed by atoms with Crippen LogP contribution in [0.1, 0.15) is 66.7 Å². The first-order valence-corrected chi connectivity index (χ1v) is 13.0. The van der Waals surface area contributed by atoms with Crippen LogP contribution in [0.5, 0.6) is 11.5 Å². The van der Waals surface area contributed by atoms with Crippen molar-refractivity contribution in [2.75, 3.05) is 31.3 Å². The van der Waals surface area contributed by atoms with E-state index in [1.807, 2.05) is 63.2 Å². The van der Waals surface area contributed by atoms with E-state index >= 15 is 0 Å². The largest absolute Gasteiger partial charge is 0.493 e. The number of hydrogen-bond donors (Lipinski definition) is 1. The Kier molecular flexibility index (Phi) is 8.34. The van der Waals surface area contributed by atoms with E-state index in [2.05, 4.69) is 0 Å². The van der Waals surface area contributed by atoms with Crippen molar-refractivity contribution in [3.63, 3.8) is 0 Å². The Labute approximate surface area is 217 Å². The summed E-state index contributed by atoms with van der Waals surface area (Å²) in [4.78, 5) is 27.7. The number of rotatable bonds is 11. The van der Waals surface area contributed by atoms with Crippen molar-refractivity contribution in [1.29, 1.82) is 0 Å². The van der Waals surface area contributed by atoms with Crippen molar-refractivity contribution in [2.45, 2.75) is 53.0 Å². The Morgan fingerprint density at radius 1 is 0.973 bits per heavy atom. The fraction of sp³-hybridized carbons (Fsp3) is 0.400. The summed E-state index contributed by atoms with van der Waals surface area (Å²) in [6.07, 6.45) is 1.75. The van der Waals surface area contributed by atoms with E-state index in [9.17, 15) is 14.7 Å². The number of aliphatic hydroxyl groups is 1. The Bertz CT molecular complexity index is 1300. The molecule has 1 atom stereocenters. The predicted octanol–water partition coefficient (Wildman–Crippen LogP) is 5.53. The van der Waals surface area contributed by atoms with Crippen LogP contribution in [0, 0.1) is 6.92 Å². The van der Waals surface area contributed by atoms with Crippen LogP contribution in [0.25, 0.3) is 10.8 Å². The van der Waals surface area contributed by atoms with Gasteiger partial charge >= 0.3 is 5.97 Å². The van der Waals surface area contributed by atoms with E-state index < -0.39 is 6.04 Å². The summed E-state index contributed by atoms with van der Waals surface area (Å²) in [7, 11) is 0. The molecule has 7 nitrogen and oxygen atoms in total. The van der Waals surface area contributed by atoms with E-state index in [-0.39, 0.29) is 24.9 Å². The number of fused-ring (bicyclic) bond motifs is 2. The molecule has 1 N–H and O–H groups in total. The number of ether oxygens (including phenoxy) is 3. The zero-order chi connectivity index (χ0) is 26.5. The summed E-state index contributed by atoms with van der Waals surface area (Å²) in [5.41, 5.74) is 3.37. The number of anilines is 1. The maximum Gasteiger partial charge on any atom is 0.310 e. The third-order valence-electron chi connectivity index (χ3n) is 6.48. The second-order valence-corrected chi connectivity index (χ2v) is 9.17. The van der Waals surface area contributed by atoms with Gasteiger partial charge in [-0.1, -0.05) is 50.2 Å². The molecule has 1 aliphatic heterocycles.